The van der Waals surface area contributed by atoms with E-state index in [-0.39, 0.29) is 23.7 Å². The summed E-state index contributed by atoms with van der Waals surface area (Å²) in [5.41, 5.74) is 2.99. The van der Waals surface area contributed by atoms with Crippen LogP contribution in [0.3, 0.4) is 0 Å². The number of rotatable bonds is 7. The fourth-order valence-corrected chi connectivity index (χ4v) is 5.45. The maximum absolute atomic E-state index is 13.6. The van der Waals surface area contributed by atoms with Gasteiger partial charge in [0, 0.05) is 61.5 Å². The molecule has 1 aliphatic heterocycles. The molecule has 250 valence electrons. The van der Waals surface area contributed by atoms with E-state index in [2.05, 4.69) is 15.6 Å². The number of aryl methyl sites for hydroxylation is 1. The van der Waals surface area contributed by atoms with Gasteiger partial charge in [-0.3, -0.25) is 14.2 Å². The van der Waals surface area contributed by atoms with E-state index in [0.717, 1.165) is 17.7 Å². The Kier molecular flexibility index (Phi) is 9.29. The summed E-state index contributed by atoms with van der Waals surface area (Å²) < 4.78 is 33.0. The number of hydrogen-bond acceptors (Lipinski definition) is 8. The Labute approximate surface area is 279 Å². The number of halogens is 2. The van der Waals surface area contributed by atoms with Crippen molar-refractivity contribution in [3.8, 4) is 5.69 Å². The molecule has 14 heteroatoms. The Morgan fingerprint density at radius 3 is 2.20 bits per heavy atom. The van der Waals surface area contributed by atoms with Crippen molar-refractivity contribution in [3.63, 3.8) is 0 Å². The van der Waals surface area contributed by atoms with Crippen molar-refractivity contribution < 1.29 is 27.9 Å². The van der Waals surface area contributed by atoms with Crippen molar-refractivity contribution in [1.29, 1.82) is 0 Å². The zero-order valence-corrected chi connectivity index (χ0v) is 26.6. The maximum atomic E-state index is 13.6. The average molecular weight is 668 g/mol. The van der Waals surface area contributed by atoms with Crippen LogP contribution in [0.15, 0.2) is 83.7 Å². The predicted molar refractivity (Wildman–Crippen MR) is 178 cm³/mol. The second-order valence-electron chi connectivity index (χ2n) is 11.3. The molecule has 12 nitrogen and oxygen atoms in total. The van der Waals surface area contributed by atoms with Gasteiger partial charge < -0.3 is 25.2 Å². The molecule has 0 saturated carbocycles. The van der Waals surface area contributed by atoms with Gasteiger partial charge in [-0.15, -0.1) is 0 Å². The van der Waals surface area contributed by atoms with E-state index in [0.29, 0.717) is 65.7 Å². The van der Waals surface area contributed by atoms with E-state index in [9.17, 15) is 28.0 Å². The maximum Gasteiger partial charge on any atom is 0.337 e. The highest BCUT2D eigenvalue weighted by Crippen LogP contribution is 2.22. The summed E-state index contributed by atoms with van der Waals surface area (Å²) in [5, 5.41) is 6.11. The Morgan fingerprint density at radius 1 is 0.837 bits per heavy atom. The Hall–Kier alpha value is -6.18. The molecule has 5 aromatic rings. The van der Waals surface area contributed by atoms with Crippen molar-refractivity contribution in [2.45, 2.75) is 13.5 Å². The Bertz CT molecular complexity index is 2110. The minimum atomic E-state index is -1.05. The number of hydrogen-bond donors (Lipinski definition) is 2. The van der Waals surface area contributed by atoms with Gasteiger partial charge in [0.25, 0.3) is 11.5 Å². The molecular formula is C35H31F2N7O5. The largest absolute Gasteiger partial charge is 0.465 e. The lowest BCUT2D eigenvalue weighted by Crippen LogP contribution is -2.50. The van der Waals surface area contributed by atoms with Gasteiger partial charge in [-0.25, -0.2) is 23.4 Å². The number of aromatic nitrogens is 3. The van der Waals surface area contributed by atoms with Gasteiger partial charge in [0.05, 0.1) is 24.1 Å². The standard InChI is InChI=1S/C35H31F2N7O5/c1-21-27-12-14-30(45)44(26-10-7-23(8-11-26)32(46)38-20-22-3-5-24(6-4-22)33(47)49-2)31(27)41-34(39-21)42-15-17-43(18-16-42)35(48)40-25-9-13-28(36)29(37)19-25/h3-14,19H,15-18,20H2,1-2H3,(H,38,46)(H,40,48). The highest BCUT2D eigenvalue weighted by molar-refractivity contribution is 5.94. The normalized spacial score (nSPS) is 12.9. The molecule has 3 aromatic carbocycles. The third-order valence-electron chi connectivity index (χ3n) is 8.17. The number of carbonyl (C=O) groups excluding carboxylic acids is 3. The van der Waals surface area contributed by atoms with Crippen molar-refractivity contribution >= 4 is 40.6 Å². The summed E-state index contributed by atoms with van der Waals surface area (Å²) in [4.78, 5) is 63.4. The molecule has 1 aliphatic rings. The zero-order chi connectivity index (χ0) is 34.7. The second-order valence-corrected chi connectivity index (χ2v) is 11.3. The highest BCUT2D eigenvalue weighted by atomic mass is 19.2. The molecule has 2 N–H and O–H groups in total. The first-order chi connectivity index (χ1) is 23.6. The van der Waals surface area contributed by atoms with Crippen LogP contribution in [0.2, 0.25) is 0 Å². The van der Waals surface area contributed by atoms with Gasteiger partial charge in [0.15, 0.2) is 17.3 Å². The summed E-state index contributed by atoms with van der Waals surface area (Å²) >= 11 is 0. The second kappa shape index (κ2) is 13.9. The first-order valence-electron chi connectivity index (χ1n) is 15.3. The number of ether oxygens (including phenoxy) is 1. The molecule has 1 saturated heterocycles. The first-order valence-corrected chi connectivity index (χ1v) is 15.3. The number of urea groups is 1. The average Bonchev–Trinajstić information content (AvgIpc) is 3.12. The molecule has 2 aromatic heterocycles. The Morgan fingerprint density at radius 2 is 1.53 bits per heavy atom. The molecule has 0 radical (unpaired) electrons. The molecule has 0 spiro atoms. The summed E-state index contributed by atoms with van der Waals surface area (Å²) in [6.45, 7) is 3.50. The molecule has 0 aliphatic carbocycles. The third kappa shape index (κ3) is 7.07. The smallest absolute Gasteiger partial charge is 0.337 e. The van der Waals surface area contributed by atoms with E-state index in [1.54, 1.807) is 59.5 Å². The number of methoxy groups -OCH3 is 1. The number of carbonyl (C=O) groups is 3. The van der Waals surface area contributed by atoms with Crippen LogP contribution in [-0.2, 0) is 11.3 Å². The highest BCUT2D eigenvalue weighted by Gasteiger charge is 2.24. The van der Waals surface area contributed by atoms with Crippen molar-refractivity contribution in [2.24, 2.45) is 0 Å². The Balaban J connectivity index is 1.15. The number of anilines is 2. The van der Waals surface area contributed by atoms with Crippen molar-refractivity contribution in [2.75, 3.05) is 43.5 Å². The van der Waals surface area contributed by atoms with Crippen LogP contribution in [0.5, 0.6) is 0 Å². The molecule has 0 unspecified atom stereocenters. The van der Waals surface area contributed by atoms with Crippen LogP contribution in [-0.4, -0.2) is 70.6 Å². The summed E-state index contributed by atoms with van der Waals surface area (Å²) in [7, 11) is 1.31. The topological polar surface area (TPSA) is 139 Å². The lowest BCUT2D eigenvalue weighted by Gasteiger charge is -2.34. The molecule has 49 heavy (non-hydrogen) atoms. The van der Waals surface area contributed by atoms with Gasteiger partial charge in [0.1, 0.15) is 0 Å². The number of nitrogens with zero attached hydrogens (tertiary/aromatic N) is 5. The lowest BCUT2D eigenvalue weighted by molar-refractivity contribution is 0.0600. The van der Waals surface area contributed by atoms with E-state index in [1.165, 1.54) is 23.8 Å². The number of esters is 1. The quantitative estimate of drug-likeness (QED) is 0.243. The van der Waals surface area contributed by atoms with Gasteiger partial charge in [-0.1, -0.05) is 12.1 Å². The summed E-state index contributed by atoms with van der Waals surface area (Å²) in [6, 6.07) is 19.1. The molecular weight excluding hydrogens is 636 g/mol. The summed E-state index contributed by atoms with van der Waals surface area (Å²) in [5.74, 6) is -2.42. The molecule has 3 amide bonds. The minimum absolute atomic E-state index is 0.148. The van der Waals surface area contributed by atoms with Crippen molar-refractivity contribution in [3.05, 3.63) is 123 Å². The number of amides is 3. The van der Waals surface area contributed by atoms with E-state index < -0.39 is 23.6 Å². The minimum Gasteiger partial charge on any atom is -0.465 e. The summed E-state index contributed by atoms with van der Waals surface area (Å²) in [6.07, 6.45) is 0. The van der Waals surface area contributed by atoms with E-state index in [1.807, 2.05) is 11.8 Å². The molecule has 0 atom stereocenters. The van der Waals surface area contributed by atoms with Crippen LogP contribution in [0, 0.1) is 18.6 Å². The fourth-order valence-electron chi connectivity index (χ4n) is 5.45. The van der Waals surface area contributed by atoms with E-state index >= 15 is 0 Å². The number of piperazine rings is 1. The number of benzene rings is 3. The SMILES string of the molecule is COC(=O)c1ccc(CNC(=O)c2ccc(-n3c(=O)ccc4c(C)nc(N5CCN(C(=O)Nc6ccc(F)c(F)c6)CC5)nc43)cc2)cc1. The molecule has 0 bridgehead atoms. The molecule has 3 heterocycles. The fraction of sp³-hybridized carbons (Fsp3) is 0.200. The van der Waals surface area contributed by atoms with Crippen molar-refractivity contribution in [1.82, 2.24) is 24.8 Å². The number of pyridine rings is 1. The first kappa shape index (κ1) is 32.7. The monoisotopic (exact) mass is 667 g/mol. The van der Waals surface area contributed by atoms with Crippen LogP contribution in [0.1, 0.15) is 32.0 Å². The van der Waals surface area contributed by atoms with Crippen LogP contribution in [0.4, 0.5) is 25.2 Å². The van der Waals surface area contributed by atoms with Crippen LogP contribution < -0.4 is 21.1 Å². The van der Waals surface area contributed by atoms with Crippen LogP contribution >= 0.6 is 0 Å². The number of fused-ring (bicyclic) bond motifs is 1. The van der Waals surface area contributed by atoms with Gasteiger partial charge in [-0.2, -0.15) is 4.98 Å². The predicted octanol–water partition coefficient (Wildman–Crippen LogP) is 4.44. The van der Waals surface area contributed by atoms with E-state index in [4.69, 9.17) is 9.72 Å². The van der Waals surface area contributed by atoms with Gasteiger partial charge in [0.2, 0.25) is 5.95 Å². The zero-order valence-electron chi connectivity index (χ0n) is 26.6. The number of nitrogens with one attached hydrogen (secondary N) is 2. The van der Waals surface area contributed by atoms with Gasteiger partial charge in [-0.05, 0) is 67.1 Å². The van der Waals surface area contributed by atoms with Crippen LogP contribution in [0.25, 0.3) is 16.7 Å². The van der Waals surface area contributed by atoms with Gasteiger partial charge >= 0.3 is 12.0 Å². The third-order valence-corrected chi connectivity index (χ3v) is 8.17. The molecule has 1 fully saturated rings. The molecule has 6 rings (SSSR count). The lowest BCUT2D eigenvalue weighted by atomic mass is 10.1.